The summed E-state index contributed by atoms with van der Waals surface area (Å²) in [6.07, 6.45) is 6.02. The van der Waals surface area contributed by atoms with Crippen LogP contribution in [0.1, 0.15) is 6.42 Å². The Morgan fingerprint density at radius 3 is 2.88 bits per heavy atom. The van der Waals surface area contributed by atoms with E-state index in [1.807, 2.05) is 0 Å². The summed E-state index contributed by atoms with van der Waals surface area (Å²) in [6.45, 7) is 0. The molecule has 44 valence electrons. The monoisotopic (exact) mass is 146 g/mol. The summed E-state index contributed by atoms with van der Waals surface area (Å²) >= 11 is 0. The summed E-state index contributed by atoms with van der Waals surface area (Å²) in [4.78, 5) is 0. The van der Waals surface area contributed by atoms with Crippen molar-refractivity contribution in [1.29, 1.82) is 0 Å². The first-order chi connectivity index (χ1) is 3.83. The first kappa shape index (κ1) is 6.18. The second-order valence-electron chi connectivity index (χ2n) is 1.55. The van der Waals surface area contributed by atoms with E-state index >= 15 is 0 Å². The Morgan fingerprint density at radius 2 is 2.62 bits per heavy atom. The van der Waals surface area contributed by atoms with Crippen LogP contribution in [0.25, 0.3) is 0 Å². The van der Waals surface area contributed by atoms with E-state index in [1.165, 1.54) is 10.8 Å². The standard InChI is InChI=1S/C5H6OS2/c1-2-5-3-4-8(6)7-5/h1,5H,3-4H2. The zero-order valence-electron chi connectivity index (χ0n) is 4.29. The maximum atomic E-state index is 10.6. The summed E-state index contributed by atoms with van der Waals surface area (Å²) in [5, 5.41) is 0.218. The highest BCUT2D eigenvalue weighted by Gasteiger charge is 2.18. The van der Waals surface area contributed by atoms with Crippen molar-refractivity contribution < 1.29 is 4.21 Å². The third-order valence-corrected chi connectivity index (χ3v) is 4.18. The van der Waals surface area contributed by atoms with E-state index in [0.29, 0.717) is 0 Å². The largest absolute Gasteiger partial charge is 0.248 e. The SMILES string of the molecule is C#CC1CCS(=O)S1. The molecule has 1 heterocycles. The fourth-order valence-corrected chi connectivity index (χ4v) is 3.55. The van der Waals surface area contributed by atoms with Crippen molar-refractivity contribution in [1.82, 2.24) is 0 Å². The van der Waals surface area contributed by atoms with Crippen LogP contribution < -0.4 is 0 Å². The second-order valence-corrected chi connectivity index (χ2v) is 5.02. The molecule has 0 aromatic rings. The number of hydrogen-bond acceptors (Lipinski definition) is 2. The Bertz CT molecular complexity index is 147. The summed E-state index contributed by atoms with van der Waals surface area (Å²) in [5.41, 5.74) is 0. The van der Waals surface area contributed by atoms with Crippen LogP contribution in [0.4, 0.5) is 0 Å². The van der Waals surface area contributed by atoms with Crippen LogP contribution in [-0.2, 0) is 9.83 Å². The van der Waals surface area contributed by atoms with Gasteiger partial charge in [0.15, 0.2) is 0 Å². The molecule has 8 heavy (non-hydrogen) atoms. The van der Waals surface area contributed by atoms with Crippen LogP contribution in [0.5, 0.6) is 0 Å². The van der Waals surface area contributed by atoms with Gasteiger partial charge in [-0.05, 0) is 17.2 Å². The second kappa shape index (κ2) is 2.56. The molecule has 1 saturated heterocycles. The molecule has 3 heteroatoms. The van der Waals surface area contributed by atoms with Crippen LogP contribution in [-0.4, -0.2) is 15.2 Å². The first-order valence-electron chi connectivity index (χ1n) is 2.34. The Hall–Kier alpha value is 0.0600. The lowest BCUT2D eigenvalue weighted by molar-refractivity contribution is 0.691. The van der Waals surface area contributed by atoms with Gasteiger partial charge in [-0.15, -0.1) is 6.42 Å². The van der Waals surface area contributed by atoms with Gasteiger partial charge in [0.05, 0.1) is 15.1 Å². The molecular weight excluding hydrogens is 140 g/mol. The molecule has 0 amide bonds. The summed E-state index contributed by atoms with van der Waals surface area (Å²) in [7, 11) is 0.723. The molecule has 1 nitrogen and oxygen atoms in total. The highest BCUT2D eigenvalue weighted by molar-refractivity contribution is 8.69. The Labute approximate surface area is 55.1 Å². The quantitative estimate of drug-likeness (QED) is 0.371. The van der Waals surface area contributed by atoms with Crippen molar-refractivity contribution in [2.75, 3.05) is 5.75 Å². The molecule has 0 spiro atoms. The summed E-state index contributed by atoms with van der Waals surface area (Å²) < 4.78 is 10.6. The average Bonchev–Trinajstić information content (AvgIpc) is 2.14. The highest BCUT2D eigenvalue weighted by Crippen LogP contribution is 2.26. The molecule has 0 bridgehead atoms. The topological polar surface area (TPSA) is 17.1 Å². The van der Waals surface area contributed by atoms with E-state index in [9.17, 15) is 4.21 Å². The Morgan fingerprint density at radius 1 is 1.88 bits per heavy atom. The van der Waals surface area contributed by atoms with E-state index in [4.69, 9.17) is 6.42 Å². The molecule has 2 unspecified atom stereocenters. The zero-order chi connectivity index (χ0) is 5.98. The van der Waals surface area contributed by atoms with Gasteiger partial charge in [0.1, 0.15) is 0 Å². The maximum Gasteiger partial charge on any atom is 0.0816 e. The van der Waals surface area contributed by atoms with Crippen LogP contribution in [0.2, 0.25) is 0 Å². The van der Waals surface area contributed by atoms with E-state index in [2.05, 4.69) is 5.92 Å². The minimum atomic E-state index is -0.679. The van der Waals surface area contributed by atoms with Gasteiger partial charge in [-0.1, -0.05) is 5.92 Å². The van der Waals surface area contributed by atoms with Gasteiger partial charge < -0.3 is 0 Å². The molecule has 2 atom stereocenters. The van der Waals surface area contributed by atoms with Crippen molar-refractivity contribution >= 4 is 20.6 Å². The van der Waals surface area contributed by atoms with Gasteiger partial charge in [-0.3, -0.25) is 0 Å². The lowest BCUT2D eigenvalue weighted by atomic mass is 10.3. The average molecular weight is 146 g/mol. The zero-order valence-corrected chi connectivity index (χ0v) is 5.93. The van der Waals surface area contributed by atoms with Crippen LogP contribution >= 0.6 is 10.8 Å². The van der Waals surface area contributed by atoms with Gasteiger partial charge in [-0.2, -0.15) is 0 Å². The lowest BCUT2D eigenvalue weighted by Gasteiger charge is -1.89. The van der Waals surface area contributed by atoms with Crippen LogP contribution in [0, 0.1) is 12.3 Å². The Balaban J connectivity index is 2.47. The van der Waals surface area contributed by atoms with E-state index in [0.717, 1.165) is 12.2 Å². The molecule has 0 radical (unpaired) electrons. The minimum absolute atomic E-state index is 0.218. The normalized spacial score (nSPS) is 36.9. The van der Waals surface area contributed by atoms with Gasteiger partial charge in [0, 0.05) is 5.75 Å². The summed E-state index contributed by atoms with van der Waals surface area (Å²) in [5.74, 6) is 3.34. The third-order valence-electron chi connectivity index (χ3n) is 0.956. The van der Waals surface area contributed by atoms with Crippen molar-refractivity contribution in [3.8, 4) is 12.3 Å². The maximum absolute atomic E-state index is 10.6. The molecule has 1 fully saturated rings. The molecular formula is C5H6OS2. The molecule has 1 aliphatic rings. The predicted molar refractivity (Wildman–Crippen MR) is 37.8 cm³/mol. The van der Waals surface area contributed by atoms with E-state index in [1.54, 1.807) is 0 Å². The molecule has 0 aromatic heterocycles. The third kappa shape index (κ3) is 1.27. The van der Waals surface area contributed by atoms with Gasteiger partial charge in [-0.25, -0.2) is 4.21 Å². The fraction of sp³-hybridized carbons (Fsp3) is 0.600. The Kier molecular flexibility index (Phi) is 1.98. The molecule has 0 aliphatic carbocycles. The van der Waals surface area contributed by atoms with E-state index in [-0.39, 0.29) is 5.25 Å². The molecule has 0 N–H and O–H groups in total. The smallest absolute Gasteiger partial charge is 0.0816 e. The number of terminal acetylenes is 1. The van der Waals surface area contributed by atoms with Crippen molar-refractivity contribution in [3.63, 3.8) is 0 Å². The molecule has 0 saturated carbocycles. The van der Waals surface area contributed by atoms with Crippen LogP contribution in [0.3, 0.4) is 0 Å². The molecule has 0 aromatic carbocycles. The van der Waals surface area contributed by atoms with Crippen LogP contribution in [0.15, 0.2) is 0 Å². The number of hydrogen-bond donors (Lipinski definition) is 0. The minimum Gasteiger partial charge on any atom is -0.248 e. The van der Waals surface area contributed by atoms with Crippen molar-refractivity contribution in [3.05, 3.63) is 0 Å². The number of rotatable bonds is 0. The molecule has 1 rings (SSSR count). The van der Waals surface area contributed by atoms with Gasteiger partial charge in [0.25, 0.3) is 0 Å². The van der Waals surface area contributed by atoms with Crippen molar-refractivity contribution in [2.45, 2.75) is 11.7 Å². The highest BCUT2D eigenvalue weighted by atomic mass is 33.1. The lowest BCUT2D eigenvalue weighted by Crippen LogP contribution is -1.88. The van der Waals surface area contributed by atoms with Gasteiger partial charge >= 0.3 is 0 Å². The summed E-state index contributed by atoms with van der Waals surface area (Å²) in [6, 6.07) is 0. The molecule has 1 aliphatic heterocycles. The van der Waals surface area contributed by atoms with Crippen molar-refractivity contribution in [2.24, 2.45) is 0 Å². The fourth-order valence-electron chi connectivity index (χ4n) is 0.540. The first-order valence-corrected chi connectivity index (χ1v) is 5.06. The van der Waals surface area contributed by atoms with Gasteiger partial charge in [0.2, 0.25) is 0 Å². The van der Waals surface area contributed by atoms with E-state index < -0.39 is 9.83 Å². The predicted octanol–water partition coefficient (Wildman–Crippen LogP) is 0.789.